The largest absolute Gasteiger partial charge is 0.298 e. The second-order valence-electron chi connectivity index (χ2n) is 4.55. The van der Waals surface area contributed by atoms with E-state index in [0.717, 1.165) is 18.4 Å². The molecule has 0 unspecified atom stereocenters. The van der Waals surface area contributed by atoms with Gasteiger partial charge in [-0.3, -0.25) is 4.79 Å². The Morgan fingerprint density at radius 1 is 1.46 bits per heavy atom. The van der Waals surface area contributed by atoms with Crippen molar-refractivity contribution in [2.75, 3.05) is 0 Å². The molecule has 13 heavy (non-hydrogen) atoms. The van der Waals surface area contributed by atoms with Crippen LogP contribution in [0.5, 0.6) is 0 Å². The molecule has 1 saturated carbocycles. The van der Waals surface area contributed by atoms with E-state index >= 15 is 0 Å². The molecule has 0 aliphatic heterocycles. The molecular weight excluding hydrogens is 160 g/mol. The van der Waals surface area contributed by atoms with Crippen LogP contribution in [0.4, 0.5) is 0 Å². The van der Waals surface area contributed by atoms with Gasteiger partial charge in [0.05, 0.1) is 0 Å². The minimum Gasteiger partial charge on any atom is -0.298 e. The summed E-state index contributed by atoms with van der Waals surface area (Å²) in [4.78, 5) is 11.3. The van der Waals surface area contributed by atoms with Crippen LogP contribution in [0.3, 0.4) is 0 Å². The van der Waals surface area contributed by atoms with E-state index in [2.05, 4.69) is 6.08 Å². The molecule has 0 saturated heterocycles. The average Bonchev–Trinajstić information content (AvgIpc) is 2.33. The summed E-state index contributed by atoms with van der Waals surface area (Å²) in [5.74, 6) is 0. The van der Waals surface area contributed by atoms with Gasteiger partial charge in [0.15, 0.2) is 0 Å². The van der Waals surface area contributed by atoms with Crippen molar-refractivity contribution in [3.05, 3.63) is 22.8 Å². The fourth-order valence-corrected chi connectivity index (χ4v) is 2.46. The summed E-state index contributed by atoms with van der Waals surface area (Å²) < 4.78 is 7.32. The zero-order valence-electron chi connectivity index (χ0n) is 9.31. The number of rotatable bonds is 1. The summed E-state index contributed by atoms with van der Waals surface area (Å²) in [6.07, 6.45) is 6.18. The third-order valence-corrected chi connectivity index (χ3v) is 3.09. The quantitative estimate of drug-likeness (QED) is 0.563. The summed E-state index contributed by atoms with van der Waals surface area (Å²) in [7, 11) is 0. The van der Waals surface area contributed by atoms with E-state index in [1.54, 1.807) is 0 Å². The highest BCUT2D eigenvalue weighted by molar-refractivity contribution is 5.81. The highest BCUT2D eigenvalue weighted by Crippen LogP contribution is 2.45. The molecule has 0 spiro atoms. The van der Waals surface area contributed by atoms with Crippen LogP contribution in [0.25, 0.3) is 0 Å². The molecule has 2 rings (SSSR count). The van der Waals surface area contributed by atoms with Gasteiger partial charge in [0.1, 0.15) is 7.63 Å². The van der Waals surface area contributed by atoms with Gasteiger partial charge in [0.2, 0.25) is 0 Å². The first-order valence-corrected chi connectivity index (χ1v) is 4.99. The normalized spacial score (nSPS) is 26.6. The van der Waals surface area contributed by atoms with Crippen LogP contribution < -0.4 is 0 Å². The summed E-state index contributed by atoms with van der Waals surface area (Å²) in [6.45, 7) is 4.07. The molecule has 0 atom stereocenters. The zero-order valence-corrected chi connectivity index (χ0v) is 8.31. The number of allylic oxidation sites excluding steroid dienone is 4. The van der Waals surface area contributed by atoms with Crippen LogP contribution in [0.2, 0.25) is 0 Å². The molecule has 0 N–H and O–H groups in total. The summed E-state index contributed by atoms with van der Waals surface area (Å²) in [6, 6.07) is 0. The number of hydrogen-bond acceptors (Lipinski definition) is 1. The molecule has 0 aromatic rings. The van der Waals surface area contributed by atoms with E-state index < -0.39 is 6.26 Å². The van der Waals surface area contributed by atoms with Gasteiger partial charge < -0.3 is 0 Å². The van der Waals surface area contributed by atoms with E-state index in [-0.39, 0.29) is 5.41 Å². The first-order valence-electron chi connectivity index (χ1n) is 5.49. The van der Waals surface area contributed by atoms with Crippen molar-refractivity contribution in [3.8, 4) is 0 Å². The topological polar surface area (TPSA) is 17.1 Å². The Hall–Kier alpha value is -0.850. The molecule has 2 aliphatic rings. The van der Waals surface area contributed by atoms with Crippen LogP contribution in [-0.2, 0) is 4.79 Å². The number of fused-ring (bicyclic) bond motifs is 1. The van der Waals surface area contributed by atoms with Crippen molar-refractivity contribution in [1.82, 2.24) is 0 Å². The molecule has 0 heterocycles. The first kappa shape index (κ1) is 7.54. The SMILES string of the molecule is [2H]C(=O)C1=C2CCCCC2=CC1(C)C. The van der Waals surface area contributed by atoms with Crippen molar-refractivity contribution >= 4 is 6.26 Å². The molecule has 1 nitrogen and oxygen atoms in total. The van der Waals surface area contributed by atoms with Gasteiger partial charge in [0.25, 0.3) is 0 Å². The first-order chi connectivity index (χ1) is 6.52. The number of carbonyl (C=O) groups is 1. The molecule has 0 aromatic carbocycles. The van der Waals surface area contributed by atoms with Crippen LogP contribution in [-0.4, -0.2) is 6.26 Å². The monoisotopic (exact) mass is 177 g/mol. The van der Waals surface area contributed by atoms with Crippen molar-refractivity contribution in [2.45, 2.75) is 39.5 Å². The third kappa shape index (κ3) is 1.27. The second-order valence-corrected chi connectivity index (χ2v) is 4.55. The van der Waals surface area contributed by atoms with E-state index in [1.165, 1.54) is 24.0 Å². The Bertz CT molecular complexity index is 347. The van der Waals surface area contributed by atoms with Crippen LogP contribution in [0, 0.1) is 5.41 Å². The number of hydrogen-bond donors (Lipinski definition) is 0. The van der Waals surface area contributed by atoms with E-state index in [9.17, 15) is 4.79 Å². The molecule has 0 aromatic heterocycles. The lowest BCUT2D eigenvalue weighted by atomic mass is 9.86. The van der Waals surface area contributed by atoms with Crippen molar-refractivity contribution in [1.29, 1.82) is 0 Å². The molecule has 2 aliphatic carbocycles. The minimum atomic E-state index is -0.488. The number of aldehydes is 1. The number of carbonyl (C=O) groups excluding carboxylic acids is 1. The second kappa shape index (κ2) is 2.83. The summed E-state index contributed by atoms with van der Waals surface area (Å²) in [5.41, 5.74) is 3.05. The lowest BCUT2D eigenvalue weighted by molar-refractivity contribution is -0.105. The fourth-order valence-electron chi connectivity index (χ4n) is 2.46. The fraction of sp³-hybridized carbons (Fsp3) is 0.583. The maximum absolute atomic E-state index is 11.3. The van der Waals surface area contributed by atoms with Crippen molar-refractivity contribution in [2.24, 2.45) is 5.41 Å². The van der Waals surface area contributed by atoms with Crippen LogP contribution >= 0.6 is 0 Å². The Morgan fingerprint density at radius 2 is 2.15 bits per heavy atom. The van der Waals surface area contributed by atoms with Crippen LogP contribution in [0.1, 0.15) is 40.9 Å². The maximum atomic E-state index is 11.3. The molecule has 1 heteroatoms. The van der Waals surface area contributed by atoms with Gasteiger partial charge in [-0.05, 0) is 36.8 Å². The molecule has 0 amide bonds. The van der Waals surface area contributed by atoms with Gasteiger partial charge in [-0.2, -0.15) is 0 Å². The summed E-state index contributed by atoms with van der Waals surface area (Å²) in [5, 5.41) is 0. The Morgan fingerprint density at radius 3 is 2.85 bits per heavy atom. The Labute approximate surface area is 80.9 Å². The van der Waals surface area contributed by atoms with E-state index in [0.29, 0.717) is 0 Å². The van der Waals surface area contributed by atoms with E-state index in [1.807, 2.05) is 13.8 Å². The predicted octanol–water partition coefficient (Wildman–Crippen LogP) is 3.02. The van der Waals surface area contributed by atoms with Gasteiger partial charge in [-0.15, -0.1) is 0 Å². The standard InChI is InChI=1S/C12H16O/c1-12(2)7-9-5-3-4-6-10(9)11(12)8-13/h7-8H,3-6H2,1-2H3/i8D. The smallest absolute Gasteiger partial charge is 0.147 e. The van der Waals surface area contributed by atoms with Gasteiger partial charge >= 0.3 is 0 Å². The molecule has 70 valence electrons. The predicted molar refractivity (Wildman–Crippen MR) is 53.4 cm³/mol. The van der Waals surface area contributed by atoms with Crippen molar-refractivity contribution in [3.63, 3.8) is 0 Å². The minimum absolute atomic E-state index is 0.201. The van der Waals surface area contributed by atoms with Gasteiger partial charge in [0, 0.05) is 11.0 Å². The van der Waals surface area contributed by atoms with E-state index in [4.69, 9.17) is 1.37 Å². The zero-order chi connectivity index (χ0) is 10.3. The Balaban J connectivity index is 2.49. The average molecular weight is 177 g/mol. The maximum Gasteiger partial charge on any atom is 0.147 e. The van der Waals surface area contributed by atoms with Gasteiger partial charge in [-0.1, -0.05) is 19.9 Å². The molecule has 1 fully saturated rings. The lowest BCUT2D eigenvalue weighted by Crippen LogP contribution is -2.10. The molecule has 0 radical (unpaired) electrons. The molecule has 0 bridgehead atoms. The van der Waals surface area contributed by atoms with Crippen LogP contribution in [0.15, 0.2) is 22.8 Å². The summed E-state index contributed by atoms with van der Waals surface area (Å²) >= 11 is 0. The highest BCUT2D eigenvalue weighted by atomic mass is 16.1. The van der Waals surface area contributed by atoms with Crippen molar-refractivity contribution < 1.29 is 6.17 Å². The van der Waals surface area contributed by atoms with Gasteiger partial charge in [-0.25, -0.2) is 0 Å². The highest BCUT2D eigenvalue weighted by Gasteiger charge is 2.32. The Kier molecular flexibility index (Phi) is 1.64. The molecular formula is C12H16O. The lowest BCUT2D eigenvalue weighted by Gasteiger charge is -2.17. The third-order valence-electron chi connectivity index (χ3n) is 3.09.